The second kappa shape index (κ2) is 7.27. The van der Waals surface area contributed by atoms with E-state index in [4.69, 9.17) is 16.7 Å². The predicted molar refractivity (Wildman–Crippen MR) is 81.2 cm³/mol. The first kappa shape index (κ1) is 15.6. The van der Waals surface area contributed by atoms with Crippen LogP contribution in [-0.2, 0) is 16.0 Å². The minimum Gasteiger partial charge on any atom is -0.481 e. The second-order valence-electron chi connectivity index (χ2n) is 5.16. The summed E-state index contributed by atoms with van der Waals surface area (Å²) < 4.78 is 0. The van der Waals surface area contributed by atoms with Crippen molar-refractivity contribution >= 4 is 23.5 Å². The lowest BCUT2D eigenvalue weighted by Gasteiger charge is -2.24. The predicted octanol–water partition coefficient (Wildman–Crippen LogP) is 2.67. The summed E-state index contributed by atoms with van der Waals surface area (Å²) in [5.41, 5.74) is 1.08. The summed E-state index contributed by atoms with van der Waals surface area (Å²) in [4.78, 5) is 23.3. The fourth-order valence-corrected chi connectivity index (χ4v) is 2.62. The molecule has 4 nitrogen and oxygen atoms in total. The second-order valence-corrected chi connectivity index (χ2v) is 5.60. The number of halogens is 1. The van der Waals surface area contributed by atoms with Crippen LogP contribution in [0, 0.1) is 11.8 Å². The van der Waals surface area contributed by atoms with Gasteiger partial charge in [-0.1, -0.05) is 35.9 Å². The number of hydrogen-bond donors (Lipinski definition) is 2. The number of allylic oxidation sites excluding steroid dienone is 2. The number of carboxylic acid groups (broad SMARTS) is 1. The van der Waals surface area contributed by atoms with Gasteiger partial charge in [0.05, 0.1) is 11.8 Å². The number of benzene rings is 1. The van der Waals surface area contributed by atoms with Crippen LogP contribution in [0.15, 0.2) is 36.4 Å². The number of carboxylic acids is 1. The SMILES string of the molecule is O=C(O)[C@H]1CC=CC[C@@H]1C(=O)NCCc1ccc(Cl)cc1. The van der Waals surface area contributed by atoms with Crippen LogP contribution in [0.25, 0.3) is 0 Å². The number of rotatable bonds is 5. The molecule has 0 fully saturated rings. The number of amides is 1. The molecule has 1 amide bonds. The van der Waals surface area contributed by atoms with E-state index in [0.29, 0.717) is 30.8 Å². The topological polar surface area (TPSA) is 66.4 Å². The van der Waals surface area contributed by atoms with Gasteiger partial charge >= 0.3 is 5.97 Å². The zero-order valence-corrected chi connectivity index (χ0v) is 12.3. The van der Waals surface area contributed by atoms with E-state index in [1.54, 1.807) is 0 Å². The molecule has 0 spiro atoms. The van der Waals surface area contributed by atoms with Gasteiger partial charge < -0.3 is 10.4 Å². The fraction of sp³-hybridized carbons (Fsp3) is 0.375. The summed E-state index contributed by atoms with van der Waals surface area (Å²) in [5.74, 6) is -2.18. The summed E-state index contributed by atoms with van der Waals surface area (Å²) in [7, 11) is 0. The van der Waals surface area contributed by atoms with Crippen LogP contribution in [-0.4, -0.2) is 23.5 Å². The Kier molecular flexibility index (Phi) is 5.39. The summed E-state index contributed by atoms with van der Waals surface area (Å²) in [6.07, 6.45) is 5.32. The average molecular weight is 308 g/mol. The summed E-state index contributed by atoms with van der Waals surface area (Å²) in [5, 5.41) is 12.7. The highest BCUT2D eigenvalue weighted by Gasteiger charge is 2.33. The molecule has 1 aliphatic carbocycles. The van der Waals surface area contributed by atoms with Crippen molar-refractivity contribution in [2.75, 3.05) is 6.54 Å². The van der Waals surface area contributed by atoms with E-state index >= 15 is 0 Å². The van der Waals surface area contributed by atoms with E-state index in [-0.39, 0.29) is 5.91 Å². The van der Waals surface area contributed by atoms with Crippen molar-refractivity contribution < 1.29 is 14.7 Å². The van der Waals surface area contributed by atoms with Gasteiger partial charge in [-0.25, -0.2) is 0 Å². The molecule has 0 aromatic heterocycles. The lowest BCUT2D eigenvalue weighted by molar-refractivity contribution is -0.147. The normalized spacial score (nSPS) is 21.0. The molecule has 0 unspecified atom stereocenters. The van der Waals surface area contributed by atoms with Crippen LogP contribution < -0.4 is 5.32 Å². The molecule has 1 aliphatic rings. The highest BCUT2D eigenvalue weighted by molar-refractivity contribution is 6.30. The molecule has 2 rings (SSSR count). The first-order valence-corrected chi connectivity index (χ1v) is 7.35. The van der Waals surface area contributed by atoms with Crippen molar-refractivity contribution in [2.24, 2.45) is 11.8 Å². The number of carbonyl (C=O) groups is 2. The molecular formula is C16H18ClNO3. The van der Waals surface area contributed by atoms with E-state index in [2.05, 4.69) is 5.32 Å². The van der Waals surface area contributed by atoms with Crippen molar-refractivity contribution in [1.82, 2.24) is 5.32 Å². The maximum absolute atomic E-state index is 12.1. The molecule has 0 saturated heterocycles. The highest BCUT2D eigenvalue weighted by Crippen LogP contribution is 2.25. The van der Waals surface area contributed by atoms with Crippen molar-refractivity contribution in [3.8, 4) is 0 Å². The molecule has 2 atom stereocenters. The van der Waals surface area contributed by atoms with Gasteiger partial charge in [0.25, 0.3) is 0 Å². The molecule has 0 saturated carbocycles. The van der Waals surface area contributed by atoms with E-state index < -0.39 is 17.8 Å². The molecule has 2 N–H and O–H groups in total. The van der Waals surface area contributed by atoms with Crippen LogP contribution in [0.4, 0.5) is 0 Å². The van der Waals surface area contributed by atoms with Gasteiger partial charge in [-0.2, -0.15) is 0 Å². The molecule has 0 heterocycles. The molecular weight excluding hydrogens is 290 g/mol. The van der Waals surface area contributed by atoms with Gasteiger partial charge in [-0.3, -0.25) is 9.59 Å². The molecule has 21 heavy (non-hydrogen) atoms. The van der Waals surface area contributed by atoms with Gasteiger partial charge in [0.2, 0.25) is 5.91 Å². The Morgan fingerprint density at radius 1 is 1.14 bits per heavy atom. The summed E-state index contributed by atoms with van der Waals surface area (Å²) in [6, 6.07) is 7.45. The smallest absolute Gasteiger partial charge is 0.307 e. The van der Waals surface area contributed by atoms with Crippen LogP contribution in [0.3, 0.4) is 0 Å². The van der Waals surface area contributed by atoms with Crippen molar-refractivity contribution in [3.63, 3.8) is 0 Å². The molecule has 0 radical (unpaired) electrons. The van der Waals surface area contributed by atoms with Crippen LogP contribution in [0.2, 0.25) is 5.02 Å². The number of nitrogens with one attached hydrogen (secondary N) is 1. The maximum Gasteiger partial charge on any atom is 0.307 e. The van der Waals surface area contributed by atoms with Crippen molar-refractivity contribution in [1.29, 1.82) is 0 Å². The molecule has 1 aromatic rings. The number of hydrogen-bond acceptors (Lipinski definition) is 2. The van der Waals surface area contributed by atoms with Gasteiger partial charge in [0, 0.05) is 11.6 Å². The average Bonchev–Trinajstić information content (AvgIpc) is 2.49. The van der Waals surface area contributed by atoms with Crippen LogP contribution >= 0.6 is 11.6 Å². The zero-order valence-electron chi connectivity index (χ0n) is 11.6. The monoisotopic (exact) mass is 307 g/mol. The Morgan fingerprint density at radius 3 is 2.38 bits per heavy atom. The Bertz CT molecular complexity index is 539. The fourth-order valence-electron chi connectivity index (χ4n) is 2.49. The van der Waals surface area contributed by atoms with E-state index in [9.17, 15) is 9.59 Å². The Hall–Kier alpha value is -1.81. The lowest BCUT2D eigenvalue weighted by Crippen LogP contribution is -2.39. The molecule has 5 heteroatoms. The number of aliphatic carboxylic acids is 1. The standard InChI is InChI=1S/C16H18ClNO3/c17-12-7-5-11(6-8-12)9-10-18-15(19)13-3-1-2-4-14(13)16(20)21/h1-2,5-8,13-14H,3-4,9-10H2,(H,18,19)(H,20,21)/t13-,14-/m0/s1. The molecule has 112 valence electrons. The van der Waals surface area contributed by atoms with E-state index in [0.717, 1.165) is 5.56 Å². The first-order chi connectivity index (χ1) is 10.1. The third-order valence-electron chi connectivity index (χ3n) is 3.71. The Labute approximate surface area is 128 Å². The van der Waals surface area contributed by atoms with E-state index in [1.807, 2.05) is 36.4 Å². The number of carbonyl (C=O) groups excluding carboxylic acids is 1. The lowest BCUT2D eigenvalue weighted by atomic mass is 9.82. The van der Waals surface area contributed by atoms with Gasteiger partial charge in [-0.15, -0.1) is 0 Å². The van der Waals surface area contributed by atoms with Crippen LogP contribution in [0.1, 0.15) is 18.4 Å². The first-order valence-electron chi connectivity index (χ1n) is 6.98. The third-order valence-corrected chi connectivity index (χ3v) is 3.96. The van der Waals surface area contributed by atoms with Gasteiger partial charge in [0.1, 0.15) is 0 Å². The van der Waals surface area contributed by atoms with E-state index in [1.165, 1.54) is 0 Å². The highest BCUT2D eigenvalue weighted by atomic mass is 35.5. The summed E-state index contributed by atoms with van der Waals surface area (Å²) >= 11 is 5.81. The van der Waals surface area contributed by atoms with Gasteiger partial charge in [0.15, 0.2) is 0 Å². The van der Waals surface area contributed by atoms with Crippen molar-refractivity contribution in [2.45, 2.75) is 19.3 Å². The largest absolute Gasteiger partial charge is 0.481 e. The third kappa shape index (κ3) is 4.33. The van der Waals surface area contributed by atoms with Crippen LogP contribution in [0.5, 0.6) is 0 Å². The zero-order chi connectivity index (χ0) is 15.2. The summed E-state index contributed by atoms with van der Waals surface area (Å²) in [6.45, 7) is 0.493. The molecule has 0 bridgehead atoms. The van der Waals surface area contributed by atoms with Gasteiger partial charge in [-0.05, 0) is 37.0 Å². The molecule has 1 aromatic carbocycles. The maximum atomic E-state index is 12.1. The molecule has 0 aliphatic heterocycles. The Balaban J connectivity index is 1.85. The Morgan fingerprint density at radius 2 is 1.76 bits per heavy atom. The minimum atomic E-state index is -0.905. The van der Waals surface area contributed by atoms with Crippen molar-refractivity contribution in [3.05, 3.63) is 47.0 Å². The quantitative estimate of drug-likeness (QED) is 0.822. The minimum absolute atomic E-state index is 0.180.